The van der Waals surface area contributed by atoms with E-state index in [4.69, 9.17) is 4.74 Å². The van der Waals surface area contributed by atoms with Crippen LogP contribution in [0.15, 0.2) is 0 Å². The second-order valence-electron chi connectivity index (χ2n) is 5.25. The molecular weight excluding hydrogens is 236 g/mol. The Hall–Kier alpha value is -1.30. The van der Waals surface area contributed by atoms with Crippen LogP contribution in [0.25, 0.3) is 0 Å². The first-order valence-corrected chi connectivity index (χ1v) is 6.43. The first-order valence-electron chi connectivity index (χ1n) is 6.43. The lowest BCUT2D eigenvalue weighted by molar-refractivity contribution is -0.144. The van der Waals surface area contributed by atoms with E-state index in [9.17, 15) is 14.7 Å². The summed E-state index contributed by atoms with van der Waals surface area (Å²) in [5, 5.41) is 14.5. The molecule has 0 bridgehead atoms. The monoisotopic (exact) mass is 256 g/mol. The quantitative estimate of drug-likeness (QED) is 0.676. The number of hydrogen-bond acceptors (Lipinski definition) is 3. The predicted molar refractivity (Wildman–Crippen MR) is 64.3 cm³/mol. The first kappa shape index (κ1) is 13.1. The number of rotatable bonds is 5. The summed E-state index contributed by atoms with van der Waals surface area (Å²) in [6.45, 7) is 2.74. The van der Waals surface area contributed by atoms with Crippen molar-refractivity contribution < 1.29 is 19.4 Å². The van der Waals surface area contributed by atoms with Gasteiger partial charge in [0.05, 0.1) is 6.10 Å². The Balaban J connectivity index is 1.79. The zero-order chi connectivity index (χ0) is 13.2. The molecule has 0 spiro atoms. The van der Waals surface area contributed by atoms with Crippen LogP contribution < -0.4 is 10.6 Å². The molecule has 1 saturated carbocycles. The van der Waals surface area contributed by atoms with E-state index in [0.29, 0.717) is 6.54 Å². The molecule has 18 heavy (non-hydrogen) atoms. The second kappa shape index (κ2) is 5.14. The lowest BCUT2D eigenvalue weighted by Crippen LogP contribution is -2.57. The molecule has 102 valence electrons. The van der Waals surface area contributed by atoms with Crippen molar-refractivity contribution in [3.05, 3.63) is 0 Å². The number of carbonyl (C=O) groups is 2. The van der Waals surface area contributed by atoms with Gasteiger partial charge >= 0.3 is 12.0 Å². The fraction of sp³-hybridized carbons (Fsp3) is 0.833. The van der Waals surface area contributed by atoms with E-state index in [-0.39, 0.29) is 12.0 Å². The van der Waals surface area contributed by atoms with Crippen molar-refractivity contribution in [3.8, 4) is 0 Å². The van der Waals surface area contributed by atoms with Crippen molar-refractivity contribution in [3.63, 3.8) is 0 Å². The van der Waals surface area contributed by atoms with E-state index in [2.05, 4.69) is 10.6 Å². The Morgan fingerprint density at radius 3 is 2.61 bits per heavy atom. The van der Waals surface area contributed by atoms with E-state index >= 15 is 0 Å². The van der Waals surface area contributed by atoms with Crippen LogP contribution in [-0.2, 0) is 9.53 Å². The standard InChI is InChI=1S/C12H20N2O4/c1-12(10(15)16,8-4-5-8)14-11(17)13-7-9-3-2-6-18-9/h8-9H,2-7H2,1H3,(H,15,16)(H2,13,14,17). The molecule has 0 aromatic rings. The lowest BCUT2D eigenvalue weighted by atomic mass is 9.96. The molecule has 1 heterocycles. The van der Waals surface area contributed by atoms with Crippen molar-refractivity contribution in [2.45, 2.75) is 44.2 Å². The second-order valence-corrected chi connectivity index (χ2v) is 5.25. The molecule has 3 N–H and O–H groups in total. The van der Waals surface area contributed by atoms with Gasteiger partial charge in [0.1, 0.15) is 5.54 Å². The van der Waals surface area contributed by atoms with Crippen LogP contribution in [0.1, 0.15) is 32.6 Å². The van der Waals surface area contributed by atoms with Crippen LogP contribution in [0.2, 0.25) is 0 Å². The van der Waals surface area contributed by atoms with Crippen LogP contribution in [-0.4, -0.2) is 41.9 Å². The molecule has 0 radical (unpaired) electrons. The van der Waals surface area contributed by atoms with Crippen LogP contribution in [0.3, 0.4) is 0 Å². The summed E-state index contributed by atoms with van der Waals surface area (Å²) in [6.07, 6.45) is 3.73. The van der Waals surface area contributed by atoms with Crippen LogP contribution in [0.5, 0.6) is 0 Å². The largest absolute Gasteiger partial charge is 0.480 e. The summed E-state index contributed by atoms with van der Waals surface area (Å²) in [7, 11) is 0. The number of carboxylic acids is 1. The molecule has 2 atom stereocenters. The summed E-state index contributed by atoms with van der Waals surface area (Å²) in [5.74, 6) is -0.930. The number of urea groups is 1. The maximum absolute atomic E-state index is 11.7. The topological polar surface area (TPSA) is 87.7 Å². The Bertz CT molecular complexity index is 337. The van der Waals surface area contributed by atoms with Crippen LogP contribution in [0, 0.1) is 5.92 Å². The lowest BCUT2D eigenvalue weighted by Gasteiger charge is -2.26. The number of nitrogens with one attached hydrogen (secondary N) is 2. The average molecular weight is 256 g/mol. The van der Waals surface area contributed by atoms with Gasteiger partial charge in [-0.3, -0.25) is 0 Å². The highest BCUT2D eigenvalue weighted by Crippen LogP contribution is 2.39. The third-order valence-electron chi connectivity index (χ3n) is 3.73. The summed E-state index contributed by atoms with van der Waals surface area (Å²) >= 11 is 0. The molecular formula is C12H20N2O4. The number of carboxylic acid groups (broad SMARTS) is 1. The van der Waals surface area contributed by atoms with Crippen molar-refractivity contribution in [2.75, 3.05) is 13.2 Å². The van der Waals surface area contributed by atoms with Crippen molar-refractivity contribution in [1.82, 2.24) is 10.6 Å². The molecule has 2 fully saturated rings. The first-order chi connectivity index (χ1) is 8.52. The zero-order valence-electron chi connectivity index (χ0n) is 10.6. The van der Waals surface area contributed by atoms with Gasteiger partial charge in [-0.25, -0.2) is 9.59 Å². The van der Waals surface area contributed by atoms with Gasteiger partial charge in [-0.2, -0.15) is 0 Å². The van der Waals surface area contributed by atoms with Gasteiger partial charge in [-0.05, 0) is 38.5 Å². The minimum absolute atomic E-state index is 0.0449. The fourth-order valence-electron chi connectivity index (χ4n) is 2.28. The Labute approximate surface area is 106 Å². The SMILES string of the molecule is CC(NC(=O)NCC1CCCO1)(C(=O)O)C1CC1. The van der Waals surface area contributed by atoms with E-state index in [1.54, 1.807) is 6.92 Å². The molecule has 2 rings (SSSR count). The van der Waals surface area contributed by atoms with Gasteiger partial charge in [-0.1, -0.05) is 0 Å². The Morgan fingerprint density at radius 2 is 2.11 bits per heavy atom. The van der Waals surface area contributed by atoms with Gasteiger partial charge in [-0.15, -0.1) is 0 Å². The van der Waals surface area contributed by atoms with E-state index in [1.165, 1.54) is 0 Å². The van der Waals surface area contributed by atoms with Crippen molar-refractivity contribution >= 4 is 12.0 Å². The molecule has 2 amide bonds. The highest BCUT2D eigenvalue weighted by molar-refractivity contribution is 5.86. The fourth-order valence-corrected chi connectivity index (χ4v) is 2.28. The average Bonchev–Trinajstić information content (AvgIpc) is 3.04. The Morgan fingerprint density at radius 1 is 1.39 bits per heavy atom. The van der Waals surface area contributed by atoms with Crippen LogP contribution in [0.4, 0.5) is 4.79 Å². The summed E-state index contributed by atoms with van der Waals surface area (Å²) in [5.41, 5.74) is -1.15. The maximum atomic E-state index is 11.7. The van der Waals surface area contributed by atoms with Crippen molar-refractivity contribution in [1.29, 1.82) is 0 Å². The van der Waals surface area contributed by atoms with E-state index < -0.39 is 17.5 Å². The molecule has 1 saturated heterocycles. The van der Waals surface area contributed by atoms with Crippen molar-refractivity contribution in [2.24, 2.45) is 5.92 Å². The number of hydrogen-bond donors (Lipinski definition) is 3. The molecule has 2 unspecified atom stereocenters. The molecule has 1 aliphatic heterocycles. The number of amides is 2. The van der Waals surface area contributed by atoms with Gasteiger partial charge in [0, 0.05) is 13.2 Å². The molecule has 6 nitrogen and oxygen atoms in total. The number of ether oxygens (including phenoxy) is 1. The molecule has 6 heteroatoms. The predicted octanol–water partition coefficient (Wildman–Crippen LogP) is 0.718. The summed E-state index contributed by atoms with van der Waals surface area (Å²) in [4.78, 5) is 22.9. The normalized spacial score (nSPS) is 26.4. The minimum Gasteiger partial charge on any atom is -0.480 e. The molecule has 2 aliphatic rings. The molecule has 1 aliphatic carbocycles. The summed E-state index contributed by atoms with van der Waals surface area (Å²) in [6, 6.07) is -0.428. The van der Waals surface area contributed by atoms with Crippen LogP contribution >= 0.6 is 0 Å². The number of carbonyl (C=O) groups excluding carboxylic acids is 1. The number of aliphatic carboxylic acids is 1. The Kier molecular flexibility index (Phi) is 3.75. The third-order valence-corrected chi connectivity index (χ3v) is 3.73. The van der Waals surface area contributed by atoms with E-state index in [1.807, 2.05) is 0 Å². The molecule has 0 aromatic heterocycles. The molecule has 0 aromatic carbocycles. The maximum Gasteiger partial charge on any atom is 0.329 e. The van der Waals surface area contributed by atoms with Gasteiger partial charge in [0.25, 0.3) is 0 Å². The third kappa shape index (κ3) is 2.93. The van der Waals surface area contributed by atoms with E-state index in [0.717, 1.165) is 32.3 Å². The van der Waals surface area contributed by atoms with Gasteiger partial charge in [0.15, 0.2) is 0 Å². The summed E-state index contributed by atoms with van der Waals surface area (Å²) < 4.78 is 5.38. The van der Waals surface area contributed by atoms with Gasteiger partial charge < -0.3 is 20.5 Å². The van der Waals surface area contributed by atoms with Gasteiger partial charge in [0.2, 0.25) is 0 Å². The zero-order valence-corrected chi connectivity index (χ0v) is 10.6. The highest BCUT2D eigenvalue weighted by atomic mass is 16.5. The minimum atomic E-state index is -1.15. The smallest absolute Gasteiger partial charge is 0.329 e. The highest BCUT2D eigenvalue weighted by Gasteiger charge is 2.48.